The van der Waals surface area contributed by atoms with Crippen molar-refractivity contribution in [2.24, 2.45) is 17.8 Å². The molecule has 0 N–H and O–H groups in total. The van der Waals surface area contributed by atoms with Crippen LogP contribution in [0.5, 0.6) is 0 Å². The number of rotatable bonds is 3. The van der Waals surface area contributed by atoms with E-state index in [-0.39, 0.29) is 11.9 Å². The third kappa shape index (κ3) is 1.99. The van der Waals surface area contributed by atoms with Crippen LogP contribution in [0.15, 0.2) is 12.2 Å². The summed E-state index contributed by atoms with van der Waals surface area (Å²) in [6.45, 7) is 2.39. The van der Waals surface area contributed by atoms with Crippen molar-refractivity contribution in [3.05, 3.63) is 12.2 Å². The van der Waals surface area contributed by atoms with Gasteiger partial charge in [0.1, 0.15) is 0 Å². The molecule has 2 heteroatoms. The number of carbonyl (C=O) groups excluding carboxylic acids is 1. The van der Waals surface area contributed by atoms with Crippen molar-refractivity contribution >= 4 is 5.97 Å². The molecule has 2 aliphatic rings. The summed E-state index contributed by atoms with van der Waals surface area (Å²) in [4.78, 5) is 11.4. The van der Waals surface area contributed by atoms with Crippen LogP contribution in [0, 0.1) is 17.8 Å². The Kier molecular flexibility index (Phi) is 2.90. The molecule has 0 spiro atoms. The minimum atomic E-state index is 0.0343. The molecule has 2 aliphatic carbocycles. The van der Waals surface area contributed by atoms with Gasteiger partial charge in [-0.3, -0.25) is 4.79 Å². The molecular weight excluding hydrogens is 176 g/mol. The lowest BCUT2D eigenvalue weighted by Gasteiger charge is -2.17. The lowest BCUT2D eigenvalue weighted by molar-refractivity contribution is -0.145. The Bertz CT molecular complexity index is 245. The van der Waals surface area contributed by atoms with E-state index in [1.165, 1.54) is 19.3 Å². The molecule has 0 amide bonds. The Morgan fingerprint density at radius 3 is 3.00 bits per heavy atom. The first-order chi connectivity index (χ1) is 6.83. The predicted molar refractivity (Wildman–Crippen MR) is 54.7 cm³/mol. The van der Waals surface area contributed by atoms with Crippen LogP contribution in [-0.4, -0.2) is 12.6 Å². The molecule has 0 bridgehead atoms. The van der Waals surface area contributed by atoms with Gasteiger partial charge in [-0.2, -0.15) is 0 Å². The SMILES string of the molecule is CCOC(=O)C1CC1C1CC=CCC1. The minimum Gasteiger partial charge on any atom is -0.466 e. The summed E-state index contributed by atoms with van der Waals surface area (Å²) < 4.78 is 5.03. The van der Waals surface area contributed by atoms with Crippen molar-refractivity contribution in [2.45, 2.75) is 32.6 Å². The van der Waals surface area contributed by atoms with Crippen molar-refractivity contribution in [3.63, 3.8) is 0 Å². The Balaban J connectivity index is 1.80. The Labute approximate surface area is 85.3 Å². The van der Waals surface area contributed by atoms with Gasteiger partial charge in [-0.1, -0.05) is 12.2 Å². The average Bonchev–Trinajstić information content (AvgIpc) is 2.99. The molecule has 0 aromatic carbocycles. The van der Waals surface area contributed by atoms with Gasteiger partial charge in [0, 0.05) is 0 Å². The maximum absolute atomic E-state index is 11.4. The molecule has 78 valence electrons. The number of allylic oxidation sites excluding steroid dienone is 2. The summed E-state index contributed by atoms with van der Waals surface area (Å²) in [5.41, 5.74) is 0. The molecular formula is C12H18O2. The molecule has 0 aliphatic heterocycles. The predicted octanol–water partition coefficient (Wildman–Crippen LogP) is 2.54. The van der Waals surface area contributed by atoms with Crippen molar-refractivity contribution in [1.29, 1.82) is 0 Å². The number of carbonyl (C=O) groups is 1. The van der Waals surface area contributed by atoms with Crippen molar-refractivity contribution in [3.8, 4) is 0 Å². The monoisotopic (exact) mass is 194 g/mol. The van der Waals surface area contributed by atoms with Gasteiger partial charge in [0.2, 0.25) is 0 Å². The van der Waals surface area contributed by atoms with Crippen LogP contribution in [0.3, 0.4) is 0 Å². The zero-order chi connectivity index (χ0) is 9.97. The maximum atomic E-state index is 11.4. The fraction of sp³-hybridized carbons (Fsp3) is 0.750. The average molecular weight is 194 g/mol. The van der Waals surface area contributed by atoms with Gasteiger partial charge in [-0.25, -0.2) is 0 Å². The van der Waals surface area contributed by atoms with Crippen LogP contribution in [0.25, 0.3) is 0 Å². The van der Waals surface area contributed by atoms with Crippen LogP contribution in [-0.2, 0) is 9.53 Å². The largest absolute Gasteiger partial charge is 0.466 e. The van der Waals surface area contributed by atoms with Crippen LogP contribution < -0.4 is 0 Å². The van der Waals surface area contributed by atoms with Crippen LogP contribution >= 0.6 is 0 Å². The molecule has 1 saturated carbocycles. The van der Waals surface area contributed by atoms with Gasteiger partial charge in [0.25, 0.3) is 0 Å². The highest BCUT2D eigenvalue weighted by atomic mass is 16.5. The molecule has 0 aromatic rings. The highest BCUT2D eigenvalue weighted by Crippen LogP contribution is 2.48. The van der Waals surface area contributed by atoms with Gasteiger partial charge < -0.3 is 4.74 Å². The quantitative estimate of drug-likeness (QED) is 0.510. The first-order valence-electron chi connectivity index (χ1n) is 5.64. The van der Waals surface area contributed by atoms with Crippen molar-refractivity contribution in [2.75, 3.05) is 6.61 Å². The summed E-state index contributed by atoms with van der Waals surface area (Å²) >= 11 is 0. The molecule has 0 aromatic heterocycles. The Morgan fingerprint density at radius 1 is 1.50 bits per heavy atom. The second-order valence-corrected chi connectivity index (χ2v) is 4.30. The molecule has 3 atom stereocenters. The summed E-state index contributed by atoms with van der Waals surface area (Å²) in [6, 6.07) is 0. The van der Waals surface area contributed by atoms with Crippen LogP contribution in [0.2, 0.25) is 0 Å². The fourth-order valence-electron chi connectivity index (χ4n) is 2.46. The van der Waals surface area contributed by atoms with E-state index in [4.69, 9.17) is 4.74 Å². The number of hydrogen-bond acceptors (Lipinski definition) is 2. The topological polar surface area (TPSA) is 26.3 Å². The highest BCUT2D eigenvalue weighted by molar-refractivity contribution is 5.75. The van der Waals surface area contributed by atoms with E-state index < -0.39 is 0 Å². The Hall–Kier alpha value is -0.790. The van der Waals surface area contributed by atoms with E-state index >= 15 is 0 Å². The zero-order valence-corrected chi connectivity index (χ0v) is 8.74. The van der Waals surface area contributed by atoms with Gasteiger partial charge in [0.15, 0.2) is 0 Å². The molecule has 1 fully saturated rings. The van der Waals surface area contributed by atoms with E-state index in [9.17, 15) is 4.79 Å². The lowest BCUT2D eigenvalue weighted by Crippen LogP contribution is -2.12. The molecule has 0 radical (unpaired) electrons. The van der Waals surface area contributed by atoms with E-state index in [2.05, 4.69) is 12.2 Å². The van der Waals surface area contributed by atoms with E-state index in [1.54, 1.807) is 0 Å². The summed E-state index contributed by atoms with van der Waals surface area (Å²) in [7, 11) is 0. The zero-order valence-electron chi connectivity index (χ0n) is 8.74. The second-order valence-electron chi connectivity index (χ2n) is 4.30. The van der Waals surface area contributed by atoms with Crippen molar-refractivity contribution < 1.29 is 9.53 Å². The van der Waals surface area contributed by atoms with Gasteiger partial charge >= 0.3 is 5.97 Å². The van der Waals surface area contributed by atoms with Gasteiger partial charge in [0.05, 0.1) is 12.5 Å². The summed E-state index contributed by atoms with van der Waals surface area (Å²) in [5.74, 6) is 1.63. The highest BCUT2D eigenvalue weighted by Gasteiger charge is 2.47. The Morgan fingerprint density at radius 2 is 2.36 bits per heavy atom. The summed E-state index contributed by atoms with van der Waals surface area (Å²) in [6.07, 6.45) is 9.19. The van der Waals surface area contributed by atoms with E-state index in [0.717, 1.165) is 12.3 Å². The fourth-order valence-corrected chi connectivity index (χ4v) is 2.46. The maximum Gasteiger partial charge on any atom is 0.309 e. The first-order valence-corrected chi connectivity index (χ1v) is 5.64. The third-order valence-electron chi connectivity index (χ3n) is 3.34. The smallest absolute Gasteiger partial charge is 0.309 e. The van der Waals surface area contributed by atoms with Crippen LogP contribution in [0.1, 0.15) is 32.6 Å². The molecule has 0 saturated heterocycles. The number of ether oxygens (including phenoxy) is 1. The van der Waals surface area contributed by atoms with Crippen LogP contribution in [0.4, 0.5) is 0 Å². The molecule has 0 heterocycles. The van der Waals surface area contributed by atoms with E-state index in [1.807, 2.05) is 6.92 Å². The molecule has 3 unspecified atom stereocenters. The number of esters is 1. The molecule has 14 heavy (non-hydrogen) atoms. The first kappa shape index (κ1) is 9.75. The standard InChI is InChI=1S/C12H18O2/c1-2-14-12(13)11-8-10(11)9-6-4-3-5-7-9/h3-4,9-11H,2,5-8H2,1H3. The number of hydrogen-bond donors (Lipinski definition) is 0. The molecule has 2 rings (SSSR count). The minimum absolute atomic E-state index is 0.0343. The second kappa shape index (κ2) is 4.16. The van der Waals surface area contributed by atoms with Gasteiger partial charge in [-0.15, -0.1) is 0 Å². The lowest BCUT2D eigenvalue weighted by atomic mass is 9.89. The summed E-state index contributed by atoms with van der Waals surface area (Å²) in [5, 5.41) is 0. The van der Waals surface area contributed by atoms with Gasteiger partial charge in [-0.05, 0) is 44.4 Å². The normalized spacial score (nSPS) is 35.4. The third-order valence-corrected chi connectivity index (χ3v) is 3.34. The van der Waals surface area contributed by atoms with Crippen molar-refractivity contribution in [1.82, 2.24) is 0 Å². The van der Waals surface area contributed by atoms with E-state index in [0.29, 0.717) is 12.5 Å². The molecule has 2 nitrogen and oxygen atoms in total.